The summed E-state index contributed by atoms with van der Waals surface area (Å²) < 4.78 is 5.95. The first kappa shape index (κ1) is 18.9. The number of aliphatic hydroxyl groups is 1. The molecule has 6 heteroatoms. The van der Waals surface area contributed by atoms with Crippen molar-refractivity contribution in [3.63, 3.8) is 0 Å². The molecular formula is C21H24N2O4. The topological polar surface area (TPSA) is 87.7 Å². The van der Waals surface area contributed by atoms with Crippen molar-refractivity contribution in [3.8, 4) is 5.75 Å². The Morgan fingerprint density at radius 2 is 1.89 bits per heavy atom. The van der Waals surface area contributed by atoms with E-state index in [4.69, 9.17) is 4.74 Å². The molecule has 6 nitrogen and oxygen atoms in total. The number of hydrogen-bond acceptors (Lipinski definition) is 4. The minimum absolute atomic E-state index is 0.196. The zero-order valence-electron chi connectivity index (χ0n) is 15.5. The molecule has 2 aromatic rings. The number of carbonyl (C=O) groups excluding carboxylic acids is 2. The number of aliphatic hydroxyl groups excluding tert-OH is 1. The van der Waals surface area contributed by atoms with Crippen LogP contribution in [0.5, 0.6) is 5.75 Å². The zero-order valence-corrected chi connectivity index (χ0v) is 15.5. The third kappa shape index (κ3) is 3.66. The van der Waals surface area contributed by atoms with Gasteiger partial charge in [-0.15, -0.1) is 0 Å². The molecule has 1 aliphatic rings. The summed E-state index contributed by atoms with van der Waals surface area (Å²) in [6.45, 7) is 2.34. The molecule has 0 aromatic heterocycles. The average molecular weight is 368 g/mol. The molecule has 0 unspecified atom stereocenters. The number of hydrogen-bond donors (Lipinski definition) is 3. The summed E-state index contributed by atoms with van der Waals surface area (Å²) in [6.07, 6.45) is 0.307. The second kappa shape index (κ2) is 8.22. The van der Waals surface area contributed by atoms with Crippen LogP contribution in [0.15, 0.2) is 42.5 Å². The van der Waals surface area contributed by atoms with E-state index in [1.165, 1.54) is 7.05 Å². The highest BCUT2D eigenvalue weighted by Gasteiger charge is 2.38. The highest BCUT2D eigenvalue weighted by molar-refractivity contribution is 6.02. The summed E-state index contributed by atoms with van der Waals surface area (Å²) in [4.78, 5) is 24.9. The van der Waals surface area contributed by atoms with E-state index >= 15 is 0 Å². The zero-order chi connectivity index (χ0) is 19.4. The molecule has 3 N–H and O–H groups in total. The van der Waals surface area contributed by atoms with Crippen molar-refractivity contribution in [2.24, 2.45) is 0 Å². The van der Waals surface area contributed by atoms with Crippen LogP contribution in [-0.4, -0.2) is 43.2 Å². The van der Waals surface area contributed by atoms with Crippen LogP contribution in [0, 0.1) is 0 Å². The number of nitrogens with one attached hydrogen (secondary N) is 2. The fraction of sp³-hybridized carbons (Fsp3) is 0.333. The third-order valence-electron chi connectivity index (χ3n) is 4.70. The molecule has 0 saturated carbocycles. The molecular weight excluding hydrogens is 344 g/mol. The number of amides is 2. The largest absolute Gasteiger partial charge is 0.486 e. The summed E-state index contributed by atoms with van der Waals surface area (Å²) in [5, 5.41) is 15.3. The molecule has 142 valence electrons. The van der Waals surface area contributed by atoms with Crippen LogP contribution in [-0.2, 0) is 0 Å². The lowest BCUT2D eigenvalue weighted by Crippen LogP contribution is -2.25. The van der Waals surface area contributed by atoms with Gasteiger partial charge in [0.2, 0.25) is 0 Å². The summed E-state index contributed by atoms with van der Waals surface area (Å²) in [5.41, 5.74) is 2.41. The van der Waals surface area contributed by atoms with Crippen molar-refractivity contribution >= 4 is 11.8 Å². The first-order valence-corrected chi connectivity index (χ1v) is 9.11. The van der Waals surface area contributed by atoms with E-state index in [1.54, 1.807) is 12.1 Å². The summed E-state index contributed by atoms with van der Waals surface area (Å²) in [6, 6.07) is 13.0. The number of fused-ring (bicyclic) bond motifs is 1. The second-order valence-electron chi connectivity index (χ2n) is 6.50. The Labute approximate surface area is 158 Å². The van der Waals surface area contributed by atoms with Crippen LogP contribution in [0.25, 0.3) is 0 Å². The maximum atomic E-state index is 12.5. The summed E-state index contributed by atoms with van der Waals surface area (Å²) in [5.74, 6) is -0.395. The van der Waals surface area contributed by atoms with Gasteiger partial charge in [-0.2, -0.15) is 0 Å². The standard InChI is InChI=1S/C21H24N2O4/c1-3-9-23-20(25)14-10-15-18(13-7-5-4-6-8-13)17(12-24)27-19(15)16(11-14)21(26)22-2/h4-8,10-11,17-18,24H,3,9,12H2,1-2H3,(H,22,26)(H,23,25)/t17-,18+/m1/s1. The Bertz CT molecular complexity index is 836. The molecule has 2 amide bonds. The van der Waals surface area contributed by atoms with Gasteiger partial charge in [0.1, 0.15) is 11.9 Å². The van der Waals surface area contributed by atoms with Gasteiger partial charge in [0, 0.05) is 24.7 Å². The van der Waals surface area contributed by atoms with E-state index in [0.717, 1.165) is 17.5 Å². The van der Waals surface area contributed by atoms with Crippen molar-refractivity contribution in [3.05, 3.63) is 64.7 Å². The molecule has 27 heavy (non-hydrogen) atoms. The number of benzene rings is 2. The SMILES string of the molecule is CCCNC(=O)c1cc(C(=O)NC)c2c(c1)[C@H](c1ccccc1)[C@@H](CO)O2. The van der Waals surface area contributed by atoms with Crippen molar-refractivity contribution < 1.29 is 19.4 Å². The predicted octanol–water partition coefficient (Wildman–Crippen LogP) is 2.07. The van der Waals surface area contributed by atoms with Crippen LogP contribution in [0.2, 0.25) is 0 Å². The molecule has 1 aliphatic heterocycles. The van der Waals surface area contributed by atoms with E-state index in [2.05, 4.69) is 10.6 Å². The number of ether oxygens (including phenoxy) is 1. The maximum Gasteiger partial charge on any atom is 0.254 e. The van der Waals surface area contributed by atoms with Gasteiger partial charge in [-0.05, 0) is 24.1 Å². The molecule has 3 rings (SSSR count). The predicted molar refractivity (Wildman–Crippen MR) is 102 cm³/mol. The first-order valence-electron chi connectivity index (χ1n) is 9.11. The molecule has 0 fully saturated rings. The van der Waals surface area contributed by atoms with Gasteiger partial charge in [0.15, 0.2) is 0 Å². The smallest absolute Gasteiger partial charge is 0.254 e. The lowest BCUT2D eigenvalue weighted by molar-refractivity contribution is 0.0947. The Hall–Kier alpha value is -2.86. The van der Waals surface area contributed by atoms with Gasteiger partial charge >= 0.3 is 0 Å². The second-order valence-corrected chi connectivity index (χ2v) is 6.50. The highest BCUT2D eigenvalue weighted by atomic mass is 16.5. The Morgan fingerprint density at radius 3 is 2.52 bits per heavy atom. The van der Waals surface area contributed by atoms with E-state index in [9.17, 15) is 14.7 Å². The van der Waals surface area contributed by atoms with E-state index in [0.29, 0.717) is 23.4 Å². The van der Waals surface area contributed by atoms with E-state index in [-0.39, 0.29) is 24.3 Å². The van der Waals surface area contributed by atoms with Crippen LogP contribution in [0.1, 0.15) is 51.1 Å². The first-order chi connectivity index (χ1) is 13.1. The molecule has 2 aromatic carbocycles. The number of carbonyl (C=O) groups is 2. The van der Waals surface area contributed by atoms with Gasteiger partial charge < -0.3 is 20.5 Å². The van der Waals surface area contributed by atoms with Crippen LogP contribution >= 0.6 is 0 Å². The Morgan fingerprint density at radius 1 is 1.15 bits per heavy atom. The maximum absolute atomic E-state index is 12.5. The molecule has 0 saturated heterocycles. The van der Waals surface area contributed by atoms with Crippen LogP contribution in [0.3, 0.4) is 0 Å². The highest BCUT2D eigenvalue weighted by Crippen LogP contribution is 2.44. The quantitative estimate of drug-likeness (QED) is 0.728. The summed E-state index contributed by atoms with van der Waals surface area (Å²) >= 11 is 0. The van der Waals surface area contributed by atoms with Crippen molar-refractivity contribution in [1.82, 2.24) is 10.6 Å². The van der Waals surface area contributed by atoms with Crippen LogP contribution in [0.4, 0.5) is 0 Å². The molecule has 0 aliphatic carbocycles. The normalized spacial score (nSPS) is 17.7. The minimum Gasteiger partial charge on any atom is -0.486 e. The van der Waals surface area contributed by atoms with Gasteiger partial charge in [-0.1, -0.05) is 37.3 Å². The fourth-order valence-corrected chi connectivity index (χ4v) is 3.41. The third-order valence-corrected chi connectivity index (χ3v) is 4.70. The summed E-state index contributed by atoms with van der Waals surface area (Å²) in [7, 11) is 1.53. The average Bonchev–Trinajstić information content (AvgIpc) is 3.09. The molecule has 1 heterocycles. The Balaban J connectivity index is 2.13. The van der Waals surface area contributed by atoms with E-state index < -0.39 is 6.10 Å². The van der Waals surface area contributed by atoms with Gasteiger partial charge in [0.05, 0.1) is 18.1 Å². The van der Waals surface area contributed by atoms with Crippen molar-refractivity contribution in [1.29, 1.82) is 0 Å². The van der Waals surface area contributed by atoms with E-state index in [1.807, 2.05) is 37.3 Å². The molecule has 0 radical (unpaired) electrons. The fourth-order valence-electron chi connectivity index (χ4n) is 3.41. The minimum atomic E-state index is -0.514. The Kier molecular flexibility index (Phi) is 5.76. The van der Waals surface area contributed by atoms with Gasteiger partial charge in [-0.3, -0.25) is 9.59 Å². The van der Waals surface area contributed by atoms with Crippen molar-refractivity contribution in [2.75, 3.05) is 20.2 Å². The molecule has 0 bridgehead atoms. The number of rotatable bonds is 6. The molecule has 2 atom stereocenters. The lowest BCUT2D eigenvalue weighted by Gasteiger charge is -2.17. The lowest BCUT2D eigenvalue weighted by atomic mass is 9.86. The monoisotopic (exact) mass is 368 g/mol. The van der Waals surface area contributed by atoms with Crippen molar-refractivity contribution in [2.45, 2.75) is 25.4 Å². The van der Waals surface area contributed by atoms with Crippen LogP contribution < -0.4 is 15.4 Å². The van der Waals surface area contributed by atoms with Gasteiger partial charge in [-0.25, -0.2) is 0 Å². The van der Waals surface area contributed by atoms with Gasteiger partial charge in [0.25, 0.3) is 11.8 Å². The molecule has 0 spiro atoms.